The van der Waals surface area contributed by atoms with E-state index in [1.54, 1.807) is 24.3 Å². The third-order valence-corrected chi connectivity index (χ3v) is 4.89. The minimum Gasteiger partial charge on any atom is -0.299 e. The number of hydrogen-bond donors (Lipinski definition) is 0. The molecule has 0 amide bonds. The van der Waals surface area contributed by atoms with E-state index in [1.807, 2.05) is 51.1 Å². The van der Waals surface area contributed by atoms with Gasteiger partial charge in [0.2, 0.25) is 0 Å². The first-order valence-electron chi connectivity index (χ1n) is 8.56. The Balaban J connectivity index is 2.03. The predicted molar refractivity (Wildman–Crippen MR) is 96.9 cm³/mol. The molecule has 1 aliphatic rings. The topological polar surface area (TPSA) is 51.2 Å². The molecule has 25 heavy (non-hydrogen) atoms. The van der Waals surface area contributed by atoms with Crippen molar-refractivity contribution < 1.29 is 14.4 Å². The van der Waals surface area contributed by atoms with E-state index in [9.17, 15) is 14.4 Å². The summed E-state index contributed by atoms with van der Waals surface area (Å²) in [6.07, 6.45) is 0.184. The minimum absolute atomic E-state index is 0.0536. The van der Waals surface area contributed by atoms with Crippen LogP contribution in [0.3, 0.4) is 0 Å². The van der Waals surface area contributed by atoms with E-state index in [0.717, 1.165) is 5.56 Å². The molecule has 0 fully saturated rings. The molecule has 0 radical (unpaired) electrons. The number of Topliss-reactive ketones (excluding diaryl/α,β-unsaturated/α-hetero) is 3. The highest BCUT2D eigenvalue weighted by Crippen LogP contribution is 2.40. The third-order valence-electron chi connectivity index (χ3n) is 4.89. The highest BCUT2D eigenvalue weighted by Gasteiger charge is 2.44. The Morgan fingerprint density at radius 3 is 1.84 bits per heavy atom. The van der Waals surface area contributed by atoms with E-state index in [4.69, 9.17) is 0 Å². The van der Waals surface area contributed by atoms with Gasteiger partial charge in [-0.2, -0.15) is 0 Å². The molecule has 3 heteroatoms. The normalized spacial score (nSPS) is 16.0. The van der Waals surface area contributed by atoms with Gasteiger partial charge in [-0.15, -0.1) is 0 Å². The fraction of sp³-hybridized carbons (Fsp3) is 0.318. The monoisotopic (exact) mass is 334 g/mol. The number of fused-ring (bicyclic) bond motifs is 1. The fourth-order valence-corrected chi connectivity index (χ4v) is 3.37. The Labute approximate surface area is 148 Å². The summed E-state index contributed by atoms with van der Waals surface area (Å²) >= 11 is 0. The van der Waals surface area contributed by atoms with Crippen molar-refractivity contribution >= 4 is 17.3 Å². The summed E-state index contributed by atoms with van der Waals surface area (Å²) in [4.78, 5) is 38.5. The SMILES string of the molecule is CC(C)(C)C(=O)C[C@@H](c1ccccc1)C1C(=O)c2ccccc2C1=O. The molecule has 0 bridgehead atoms. The van der Waals surface area contributed by atoms with Crippen molar-refractivity contribution in [3.05, 3.63) is 71.3 Å². The van der Waals surface area contributed by atoms with Gasteiger partial charge in [-0.1, -0.05) is 75.4 Å². The van der Waals surface area contributed by atoms with Crippen LogP contribution in [0.4, 0.5) is 0 Å². The first kappa shape index (κ1) is 17.3. The maximum absolute atomic E-state index is 12.9. The van der Waals surface area contributed by atoms with Gasteiger partial charge >= 0.3 is 0 Å². The van der Waals surface area contributed by atoms with E-state index in [1.165, 1.54) is 0 Å². The number of hydrogen-bond acceptors (Lipinski definition) is 3. The summed E-state index contributed by atoms with van der Waals surface area (Å²) in [5.41, 5.74) is 1.30. The average molecular weight is 334 g/mol. The van der Waals surface area contributed by atoms with Gasteiger partial charge in [0, 0.05) is 28.9 Å². The molecule has 0 aliphatic heterocycles. The summed E-state index contributed by atoms with van der Waals surface area (Å²) < 4.78 is 0. The van der Waals surface area contributed by atoms with Crippen molar-refractivity contribution in [1.29, 1.82) is 0 Å². The summed E-state index contributed by atoms with van der Waals surface area (Å²) in [7, 11) is 0. The lowest BCUT2D eigenvalue weighted by Crippen LogP contribution is -2.29. The molecule has 0 saturated carbocycles. The molecular weight excluding hydrogens is 312 g/mol. The van der Waals surface area contributed by atoms with Gasteiger partial charge in [-0.3, -0.25) is 14.4 Å². The van der Waals surface area contributed by atoms with Crippen LogP contribution >= 0.6 is 0 Å². The molecule has 2 aromatic rings. The second-order valence-electron chi connectivity index (χ2n) is 7.65. The van der Waals surface area contributed by atoms with Crippen molar-refractivity contribution in [3.8, 4) is 0 Å². The van der Waals surface area contributed by atoms with E-state index in [0.29, 0.717) is 11.1 Å². The minimum atomic E-state index is -0.814. The first-order chi connectivity index (χ1) is 11.8. The standard InChI is InChI=1S/C22H22O3/c1-22(2,3)18(23)13-17(14-9-5-4-6-10-14)19-20(24)15-11-7-8-12-16(15)21(19)25/h4-12,17,19H,13H2,1-3H3/t17-/m0/s1. The second kappa shape index (κ2) is 6.40. The molecular formula is C22H22O3. The zero-order valence-corrected chi connectivity index (χ0v) is 14.8. The predicted octanol–water partition coefficient (Wildman–Crippen LogP) is 4.47. The number of ketones is 3. The zero-order chi connectivity index (χ0) is 18.2. The van der Waals surface area contributed by atoms with Crippen molar-refractivity contribution in [2.45, 2.75) is 33.1 Å². The molecule has 1 atom stereocenters. The van der Waals surface area contributed by atoms with Crippen LogP contribution < -0.4 is 0 Å². The van der Waals surface area contributed by atoms with Crippen LogP contribution in [0, 0.1) is 11.3 Å². The largest absolute Gasteiger partial charge is 0.299 e. The van der Waals surface area contributed by atoms with Crippen LogP contribution in [-0.2, 0) is 4.79 Å². The number of benzene rings is 2. The van der Waals surface area contributed by atoms with Gasteiger partial charge in [0.25, 0.3) is 0 Å². The van der Waals surface area contributed by atoms with Crippen LogP contribution in [0.25, 0.3) is 0 Å². The van der Waals surface area contributed by atoms with Crippen molar-refractivity contribution in [2.75, 3.05) is 0 Å². The maximum atomic E-state index is 12.9. The molecule has 2 aromatic carbocycles. The quantitative estimate of drug-likeness (QED) is 0.775. The lowest BCUT2D eigenvalue weighted by molar-refractivity contribution is -0.126. The van der Waals surface area contributed by atoms with Crippen LogP contribution in [0.5, 0.6) is 0 Å². The maximum Gasteiger partial charge on any atom is 0.175 e. The Kier molecular flexibility index (Phi) is 4.42. The molecule has 3 rings (SSSR count). The molecule has 0 unspecified atom stereocenters. The molecule has 3 nitrogen and oxygen atoms in total. The molecule has 0 spiro atoms. The first-order valence-corrected chi connectivity index (χ1v) is 8.56. The van der Waals surface area contributed by atoms with Crippen molar-refractivity contribution in [2.24, 2.45) is 11.3 Å². The summed E-state index contributed by atoms with van der Waals surface area (Å²) in [6, 6.07) is 16.4. The van der Waals surface area contributed by atoms with Crippen molar-refractivity contribution in [3.63, 3.8) is 0 Å². The highest BCUT2D eigenvalue weighted by molar-refractivity contribution is 6.27. The van der Waals surface area contributed by atoms with Crippen molar-refractivity contribution in [1.82, 2.24) is 0 Å². The van der Waals surface area contributed by atoms with Crippen LogP contribution in [0.15, 0.2) is 54.6 Å². The highest BCUT2D eigenvalue weighted by atomic mass is 16.2. The summed E-state index contributed by atoms with van der Waals surface area (Å²) in [5, 5.41) is 0. The third kappa shape index (κ3) is 3.19. The molecule has 0 N–H and O–H groups in total. The molecule has 128 valence electrons. The molecule has 0 aromatic heterocycles. The zero-order valence-electron chi connectivity index (χ0n) is 14.8. The Morgan fingerprint density at radius 1 is 0.880 bits per heavy atom. The van der Waals surface area contributed by atoms with Gasteiger partial charge in [0.15, 0.2) is 11.6 Å². The van der Waals surface area contributed by atoms with E-state index in [-0.39, 0.29) is 23.8 Å². The molecule has 0 saturated heterocycles. The van der Waals surface area contributed by atoms with Gasteiger partial charge in [0.05, 0.1) is 5.92 Å². The second-order valence-corrected chi connectivity index (χ2v) is 7.65. The van der Waals surface area contributed by atoms with E-state index >= 15 is 0 Å². The average Bonchev–Trinajstić information content (AvgIpc) is 2.84. The molecule has 0 heterocycles. The van der Waals surface area contributed by atoms with Gasteiger partial charge in [-0.05, 0) is 5.56 Å². The van der Waals surface area contributed by atoms with E-state index in [2.05, 4.69) is 0 Å². The van der Waals surface area contributed by atoms with Gasteiger partial charge < -0.3 is 0 Å². The summed E-state index contributed by atoms with van der Waals surface area (Å²) in [5.74, 6) is -1.53. The Hall–Kier alpha value is -2.55. The molecule has 1 aliphatic carbocycles. The summed E-state index contributed by atoms with van der Waals surface area (Å²) in [6.45, 7) is 5.60. The van der Waals surface area contributed by atoms with Gasteiger partial charge in [0.1, 0.15) is 5.78 Å². The number of carbonyl (C=O) groups is 3. The lowest BCUT2D eigenvalue weighted by Gasteiger charge is -2.25. The van der Waals surface area contributed by atoms with Crippen LogP contribution in [-0.4, -0.2) is 17.3 Å². The lowest BCUT2D eigenvalue weighted by atomic mass is 9.76. The van der Waals surface area contributed by atoms with E-state index < -0.39 is 17.3 Å². The number of carbonyl (C=O) groups excluding carboxylic acids is 3. The Bertz CT molecular complexity index is 793. The number of rotatable bonds is 4. The Morgan fingerprint density at radius 2 is 1.36 bits per heavy atom. The van der Waals surface area contributed by atoms with Crippen LogP contribution in [0.2, 0.25) is 0 Å². The van der Waals surface area contributed by atoms with Gasteiger partial charge in [-0.25, -0.2) is 0 Å². The fourth-order valence-electron chi connectivity index (χ4n) is 3.37. The smallest absolute Gasteiger partial charge is 0.175 e. The van der Waals surface area contributed by atoms with Crippen LogP contribution in [0.1, 0.15) is 59.4 Å².